The van der Waals surface area contributed by atoms with Gasteiger partial charge in [-0.2, -0.15) is 0 Å². The lowest BCUT2D eigenvalue weighted by molar-refractivity contribution is 0.100. The number of nitrogens with zero attached hydrogens (tertiary/aromatic N) is 1. The number of para-hydroxylation sites is 1. The fraction of sp³-hybridized carbons (Fsp3) is 0. The minimum Gasteiger partial charge on any atom is -0.456 e. The number of nitrogen functional groups attached to an aromatic ring is 1. The molecule has 0 saturated heterocycles. The van der Waals surface area contributed by atoms with Crippen LogP contribution in [-0.2, 0) is 0 Å². The molecule has 1 amide bonds. The second-order valence-electron chi connectivity index (χ2n) is 4.58. The van der Waals surface area contributed by atoms with Crippen LogP contribution in [0.25, 0.3) is 10.9 Å². The van der Waals surface area contributed by atoms with Crippen molar-refractivity contribution < 1.29 is 9.53 Å². The molecular formula is C16H13N3O2. The van der Waals surface area contributed by atoms with Crippen LogP contribution in [0.1, 0.15) is 10.4 Å². The van der Waals surface area contributed by atoms with Gasteiger partial charge in [0.25, 0.3) is 5.91 Å². The summed E-state index contributed by atoms with van der Waals surface area (Å²) in [6.07, 6.45) is 1.63. The van der Waals surface area contributed by atoms with Crippen LogP contribution in [0, 0.1) is 0 Å². The molecule has 1 heterocycles. The number of primary amides is 1. The zero-order valence-corrected chi connectivity index (χ0v) is 11.1. The lowest BCUT2D eigenvalue weighted by Crippen LogP contribution is -2.13. The Hall–Kier alpha value is -3.08. The Morgan fingerprint density at radius 3 is 2.67 bits per heavy atom. The second kappa shape index (κ2) is 5.13. The van der Waals surface area contributed by atoms with Gasteiger partial charge in [0.1, 0.15) is 11.5 Å². The first kappa shape index (κ1) is 12.9. The van der Waals surface area contributed by atoms with E-state index in [1.165, 1.54) is 6.07 Å². The summed E-state index contributed by atoms with van der Waals surface area (Å²) in [6.45, 7) is 0. The molecule has 3 rings (SSSR count). The van der Waals surface area contributed by atoms with E-state index in [4.69, 9.17) is 16.2 Å². The van der Waals surface area contributed by atoms with Crippen LogP contribution in [0.4, 0.5) is 5.69 Å². The fourth-order valence-electron chi connectivity index (χ4n) is 2.06. The predicted molar refractivity (Wildman–Crippen MR) is 81.2 cm³/mol. The molecule has 4 N–H and O–H groups in total. The van der Waals surface area contributed by atoms with Gasteiger partial charge in [0.2, 0.25) is 0 Å². The number of carbonyl (C=O) groups is 1. The number of hydrogen-bond donors (Lipinski definition) is 2. The Labute approximate surface area is 121 Å². The molecule has 5 nitrogen and oxygen atoms in total. The van der Waals surface area contributed by atoms with Crippen LogP contribution in [0.15, 0.2) is 54.7 Å². The number of carbonyl (C=O) groups excluding carboxylic acids is 1. The summed E-state index contributed by atoms with van der Waals surface area (Å²) in [5.41, 5.74) is 12.4. The lowest BCUT2D eigenvalue weighted by atomic mass is 10.1. The van der Waals surface area contributed by atoms with Gasteiger partial charge >= 0.3 is 0 Å². The van der Waals surface area contributed by atoms with Gasteiger partial charge in [0.05, 0.1) is 17.3 Å². The van der Waals surface area contributed by atoms with Crippen LogP contribution in [0.2, 0.25) is 0 Å². The maximum Gasteiger partial charge on any atom is 0.250 e. The summed E-state index contributed by atoms with van der Waals surface area (Å²) in [5, 5.41) is 0.973. The van der Waals surface area contributed by atoms with Crippen molar-refractivity contribution in [3.05, 3.63) is 60.3 Å². The molecule has 0 bridgehead atoms. The van der Waals surface area contributed by atoms with E-state index in [-0.39, 0.29) is 5.56 Å². The van der Waals surface area contributed by atoms with Crippen LogP contribution in [0.5, 0.6) is 11.5 Å². The second-order valence-corrected chi connectivity index (χ2v) is 4.58. The van der Waals surface area contributed by atoms with E-state index in [1.54, 1.807) is 18.3 Å². The van der Waals surface area contributed by atoms with Crippen LogP contribution in [-0.4, -0.2) is 10.9 Å². The molecule has 3 aromatic rings. The highest BCUT2D eigenvalue weighted by Crippen LogP contribution is 2.26. The maximum atomic E-state index is 11.3. The van der Waals surface area contributed by atoms with Crippen molar-refractivity contribution in [2.45, 2.75) is 0 Å². The summed E-state index contributed by atoms with van der Waals surface area (Å²) in [6, 6.07) is 14.4. The van der Waals surface area contributed by atoms with Gasteiger partial charge in [-0.1, -0.05) is 18.2 Å². The smallest absolute Gasteiger partial charge is 0.250 e. The SMILES string of the molecule is NC(=O)c1cc(Oc2cnc3ccccc3c2)ccc1N. The molecule has 0 saturated carbocycles. The highest BCUT2D eigenvalue weighted by Gasteiger charge is 2.08. The number of aromatic nitrogens is 1. The molecule has 5 heteroatoms. The number of pyridine rings is 1. The zero-order chi connectivity index (χ0) is 14.8. The Kier molecular flexibility index (Phi) is 3.16. The first-order valence-corrected chi connectivity index (χ1v) is 6.35. The summed E-state index contributed by atoms with van der Waals surface area (Å²) in [4.78, 5) is 15.6. The van der Waals surface area contributed by atoms with Gasteiger partial charge < -0.3 is 16.2 Å². The molecule has 2 aromatic carbocycles. The average molecular weight is 279 g/mol. The molecule has 0 aliphatic heterocycles. The fourth-order valence-corrected chi connectivity index (χ4v) is 2.06. The monoisotopic (exact) mass is 279 g/mol. The lowest BCUT2D eigenvalue weighted by Gasteiger charge is -2.08. The molecular weight excluding hydrogens is 266 g/mol. The third-order valence-electron chi connectivity index (χ3n) is 3.09. The number of anilines is 1. The Bertz CT molecular complexity index is 831. The van der Waals surface area contributed by atoms with E-state index in [1.807, 2.05) is 30.3 Å². The summed E-state index contributed by atoms with van der Waals surface area (Å²) in [7, 11) is 0. The van der Waals surface area contributed by atoms with Gasteiger partial charge in [-0.25, -0.2) is 0 Å². The van der Waals surface area contributed by atoms with Gasteiger partial charge in [0.15, 0.2) is 0 Å². The van der Waals surface area contributed by atoms with Crippen molar-refractivity contribution in [1.29, 1.82) is 0 Å². The van der Waals surface area contributed by atoms with Crippen molar-refractivity contribution >= 4 is 22.5 Å². The third-order valence-corrected chi connectivity index (χ3v) is 3.09. The van der Waals surface area contributed by atoms with Crippen LogP contribution < -0.4 is 16.2 Å². The summed E-state index contributed by atoms with van der Waals surface area (Å²) >= 11 is 0. The molecule has 0 radical (unpaired) electrons. The normalized spacial score (nSPS) is 10.5. The van der Waals surface area contributed by atoms with Crippen molar-refractivity contribution in [1.82, 2.24) is 4.98 Å². The van der Waals surface area contributed by atoms with Crippen molar-refractivity contribution in [2.24, 2.45) is 5.73 Å². The van der Waals surface area contributed by atoms with Gasteiger partial charge in [-0.05, 0) is 30.3 Å². The van der Waals surface area contributed by atoms with E-state index >= 15 is 0 Å². The minimum atomic E-state index is -0.588. The maximum absolute atomic E-state index is 11.3. The Morgan fingerprint density at radius 2 is 1.86 bits per heavy atom. The molecule has 0 aliphatic carbocycles. The number of amides is 1. The molecule has 0 spiro atoms. The molecule has 0 atom stereocenters. The van der Waals surface area contributed by atoms with Crippen LogP contribution >= 0.6 is 0 Å². The number of ether oxygens (including phenoxy) is 1. The molecule has 0 fully saturated rings. The van der Waals surface area contributed by atoms with Gasteiger partial charge in [-0.3, -0.25) is 9.78 Å². The summed E-state index contributed by atoms with van der Waals surface area (Å²) < 4.78 is 5.71. The molecule has 0 aliphatic rings. The topological polar surface area (TPSA) is 91.2 Å². The number of benzene rings is 2. The molecule has 1 aromatic heterocycles. The van der Waals surface area contributed by atoms with Gasteiger partial charge in [0, 0.05) is 11.1 Å². The first-order chi connectivity index (χ1) is 10.1. The largest absolute Gasteiger partial charge is 0.456 e. The Morgan fingerprint density at radius 1 is 1.05 bits per heavy atom. The molecule has 104 valence electrons. The number of hydrogen-bond acceptors (Lipinski definition) is 4. The number of nitrogens with two attached hydrogens (primary N) is 2. The van der Waals surface area contributed by atoms with Crippen molar-refractivity contribution in [3.8, 4) is 11.5 Å². The van der Waals surface area contributed by atoms with Crippen molar-refractivity contribution in [2.75, 3.05) is 5.73 Å². The number of fused-ring (bicyclic) bond motifs is 1. The Balaban J connectivity index is 1.94. The average Bonchev–Trinajstić information content (AvgIpc) is 2.49. The minimum absolute atomic E-state index is 0.237. The van der Waals surface area contributed by atoms with E-state index in [0.29, 0.717) is 17.2 Å². The first-order valence-electron chi connectivity index (χ1n) is 6.35. The van der Waals surface area contributed by atoms with E-state index in [9.17, 15) is 4.79 Å². The molecule has 0 unspecified atom stereocenters. The highest BCUT2D eigenvalue weighted by molar-refractivity contribution is 5.98. The van der Waals surface area contributed by atoms with E-state index < -0.39 is 5.91 Å². The van der Waals surface area contributed by atoms with Crippen molar-refractivity contribution in [3.63, 3.8) is 0 Å². The summed E-state index contributed by atoms with van der Waals surface area (Å²) in [5.74, 6) is 0.471. The van der Waals surface area contributed by atoms with Gasteiger partial charge in [-0.15, -0.1) is 0 Å². The highest BCUT2D eigenvalue weighted by atomic mass is 16.5. The van der Waals surface area contributed by atoms with Crippen LogP contribution in [0.3, 0.4) is 0 Å². The quantitative estimate of drug-likeness (QED) is 0.721. The standard InChI is InChI=1S/C16H13N3O2/c17-14-6-5-11(8-13(14)16(18)20)21-12-7-10-3-1-2-4-15(10)19-9-12/h1-9H,17H2,(H2,18,20). The number of rotatable bonds is 3. The van der Waals surface area contributed by atoms with E-state index in [0.717, 1.165) is 10.9 Å². The molecule has 21 heavy (non-hydrogen) atoms. The predicted octanol–water partition coefficient (Wildman–Crippen LogP) is 2.71. The van der Waals surface area contributed by atoms with E-state index in [2.05, 4.69) is 4.98 Å². The third kappa shape index (κ3) is 2.62. The zero-order valence-electron chi connectivity index (χ0n) is 11.1.